The predicted molar refractivity (Wildman–Crippen MR) is 154 cm³/mol. The van der Waals surface area contributed by atoms with Crippen molar-refractivity contribution < 1.29 is 33.7 Å². The van der Waals surface area contributed by atoms with Gasteiger partial charge in [0.05, 0.1) is 39.6 Å². The Labute approximate surface area is 246 Å². The van der Waals surface area contributed by atoms with Crippen molar-refractivity contribution in [2.75, 3.05) is 25.5 Å². The fraction of sp³-hybridized carbons (Fsp3) is 0.321. The third-order valence-corrected chi connectivity index (χ3v) is 7.76. The van der Waals surface area contributed by atoms with Gasteiger partial charge in [-0.15, -0.1) is 0 Å². The number of nitrogens with one attached hydrogen (secondary N) is 1. The predicted octanol–water partition coefficient (Wildman–Crippen LogP) is 4.17. The highest BCUT2D eigenvalue weighted by Gasteiger charge is 2.55. The summed E-state index contributed by atoms with van der Waals surface area (Å²) in [5.74, 6) is -1.32. The Balaban J connectivity index is 2.58. The normalized spacial score (nSPS) is 14.3. The van der Waals surface area contributed by atoms with E-state index >= 15 is 0 Å². The van der Waals surface area contributed by atoms with Crippen LogP contribution in [0.5, 0.6) is 0 Å². The number of nitrogens with zero attached hydrogens (tertiary/aromatic N) is 3. The zero-order valence-electron chi connectivity index (χ0n) is 23.4. The molecule has 0 unspecified atom stereocenters. The third kappa shape index (κ3) is 5.98. The summed E-state index contributed by atoms with van der Waals surface area (Å²) in [4.78, 5) is 61.2. The number of ether oxygens (including phenoxy) is 2. The second kappa shape index (κ2) is 13.8. The van der Waals surface area contributed by atoms with Gasteiger partial charge in [-0.1, -0.05) is 24.3 Å². The summed E-state index contributed by atoms with van der Waals surface area (Å²) in [6.45, 7) is 6.65. The Morgan fingerprint density at radius 2 is 1.36 bits per heavy atom. The lowest BCUT2D eigenvalue weighted by atomic mass is 9.61. The van der Waals surface area contributed by atoms with Gasteiger partial charge in [0.1, 0.15) is 0 Å². The van der Waals surface area contributed by atoms with Crippen molar-refractivity contribution in [3.8, 4) is 0 Å². The molecule has 0 radical (unpaired) electrons. The van der Waals surface area contributed by atoms with Gasteiger partial charge in [0.2, 0.25) is 6.41 Å². The molecule has 14 heteroatoms. The van der Waals surface area contributed by atoms with Crippen molar-refractivity contribution in [1.29, 1.82) is 0 Å². The first kappa shape index (κ1) is 31.8. The van der Waals surface area contributed by atoms with E-state index in [2.05, 4.69) is 5.32 Å². The molecule has 222 valence electrons. The number of benzene rings is 2. The quantitative estimate of drug-likeness (QED) is 0.0876. The van der Waals surface area contributed by atoms with Gasteiger partial charge in [-0.2, -0.15) is 0 Å². The lowest BCUT2D eigenvalue weighted by Crippen LogP contribution is -2.46. The number of allylic oxidation sites excluding steroid dienone is 2. The van der Waals surface area contributed by atoms with Crippen LogP contribution in [-0.4, -0.2) is 58.0 Å². The summed E-state index contributed by atoms with van der Waals surface area (Å²) in [5, 5.41) is 26.3. The molecule has 0 bridgehead atoms. The summed E-state index contributed by atoms with van der Waals surface area (Å²) in [5.41, 5.74) is -1.79. The molecule has 13 nitrogen and oxygen atoms in total. The molecular weight excluding hydrogens is 568 g/mol. The van der Waals surface area contributed by atoms with Crippen molar-refractivity contribution in [2.24, 2.45) is 0 Å². The van der Waals surface area contributed by atoms with Gasteiger partial charge in [0.15, 0.2) is 0 Å². The van der Waals surface area contributed by atoms with Crippen molar-refractivity contribution >= 4 is 41.7 Å². The van der Waals surface area contributed by atoms with Gasteiger partial charge in [-0.25, -0.2) is 9.59 Å². The number of carbonyl (C=O) groups is 3. The Kier molecular flexibility index (Phi) is 10.4. The maximum absolute atomic E-state index is 13.9. The number of esters is 2. The molecule has 0 spiro atoms. The summed E-state index contributed by atoms with van der Waals surface area (Å²) in [6.07, 6.45) is 0.548. The lowest BCUT2D eigenvalue weighted by Gasteiger charge is -2.45. The van der Waals surface area contributed by atoms with E-state index in [0.717, 1.165) is 0 Å². The minimum Gasteiger partial charge on any atom is -0.463 e. The van der Waals surface area contributed by atoms with Crippen molar-refractivity contribution in [3.05, 3.63) is 102 Å². The molecule has 1 aliphatic rings. The van der Waals surface area contributed by atoms with Gasteiger partial charge in [0.25, 0.3) is 11.4 Å². The van der Waals surface area contributed by atoms with Gasteiger partial charge in [0, 0.05) is 48.0 Å². The van der Waals surface area contributed by atoms with Crippen molar-refractivity contribution in [2.45, 2.75) is 33.1 Å². The van der Waals surface area contributed by atoms with E-state index < -0.39 is 27.2 Å². The van der Waals surface area contributed by atoms with Crippen LogP contribution in [0.2, 0.25) is 0 Å². The Morgan fingerprint density at radius 1 is 0.905 bits per heavy atom. The molecule has 0 fully saturated rings. The number of amides is 1. The first-order chi connectivity index (χ1) is 20.1. The van der Waals surface area contributed by atoms with Crippen LogP contribution in [-0.2, 0) is 29.3 Å². The molecule has 0 saturated heterocycles. The number of nitro groups is 2. The van der Waals surface area contributed by atoms with Crippen LogP contribution in [0.25, 0.3) is 0 Å². The Bertz CT molecular complexity index is 1370. The fourth-order valence-electron chi connectivity index (χ4n) is 5.03. The smallest absolute Gasteiger partial charge is 0.337 e. The summed E-state index contributed by atoms with van der Waals surface area (Å²) in [6, 6.07) is 10.8. The molecule has 2 aromatic carbocycles. The van der Waals surface area contributed by atoms with Crippen molar-refractivity contribution in [3.63, 3.8) is 0 Å². The van der Waals surface area contributed by atoms with E-state index in [-0.39, 0.29) is 53.4 Å². The average Bonchev–Trinajstić information content (AvgIpc) is 2.96. The number of hydrogen-bond donors (Lipinski definition) is 1. The first-order valence-electron chi connectivity index (χ1n) is 12.9. The molecule has 1 aliphatic heterocycles. The van der Waals surface area contributed by atoms with E-state index in [1.165, 1.54) is 60.5 Å². The van der Waals surface area contributed by atoms with Crippen LogP contribution in [0.1, 0.15) is 38.8 Å². The molecule has 42 heavy (non-hydrogen) atoms. The number of rotatable bonds is 13. The maximum atomic E-state index is 13.9. The van der Waals surface area contributed by atoms with Crippen LogP contribution in [0.3, 0.4) is 0 Å². The molecule has 2 aromatic rings. The maximum Gasteiger partial charge on any atom is 0.337 e. The summed E-state index contributed by atoms with van der Waals surface area (Å²) >= 11 is 1.20. The Hall–Kier alpha value is -4.72. The van der Waals surface area contributed by atoms with E-state index in [9.17, 15) is 34.6 Å². The highest BCUT2D eigenvalue weighted by molar-refractivity contribution is 7.97. The van der Waals surface area contributed by atoms with Crippen LogP contribution in [0.4, 0.5) is 11.4 Å². The molecule has 3 rings (SSSR count). The van der Waals surface area contributed by atoms with E-state index in [1.54, 1.807) is 32.0 Å². The molecule has 0 saturated carbocycles. The summed E-state index contributed by atoms with van der Waals surface area (Å²) in [7, 11) is 0. The van der Waals surface area contributed by atoms with Gasteiger partial charge in [-0.3, -0.25) is 29.3 Å². The Morgan fingerprint density at radius 3 is 1.74 bits per heavy atom. The van der Waals surface area contributed by atoms with E-state index in [1.807, 2.05) is 0 Å². The second-order valence-corrected chi connectivity index (χ2v) is 9.96. The first-order valence-corrected chi connectivity index (χ1v) is 13.9. The molecule has 1 heterocycles. The second-order valence-electron chi connectivity index (χ2n) is 8.93. The SMILES string of the molecule is CCOC(=O)C1=C(C)N(SCCNC=O)C(C)=C(C(=O)OCC)C1(c1cccc([N+](=O)[O-])c1)c1cccc([N+](=O)[O-])c1. The molecule has 0 atom stereocenters. The minimum atomic E-state index is -1.91. The van der Waals surface area contributed by atoms with E-state index in [4.69, 9.17) is 9.47 Å². The lowest BCUT2D eigenvalue weighted by molar-refractivity contribution is -0.385. The molecule has 0 aromatic heterocycles. The van der Waals surface area contributed by atoms with Crippen LogP contribution < -0.4 is 5.32 Å². The highest BCUT2D eigenvalue weighted by Crippen LogP contribution is 2.54. The van der Waals surface area contributed by atoms with Crippen LogP contribution >= 0.6 is 11.9 Å². The van der Waals surface area contributed by atoms with Gasteiger partial charge >= 0.3 is 11.9 Å². The molecular formula is C28H30N4O9S. The average molecular weight is 599 g/mol. The molecule has 1 N–H and O–H groups in total. The van der Waals surface area contributed by atoms with Crippen LogP contribution in [0.15, 0.2) is 71.1 Å². The van der Waals surface area contributed by atoms with Crippen LogP contribution in [0, 0.1) is 20.2 Å². The van der Waals surface area contributed by atoms with Gasteiger partial charge < -0.3 is 14.8 Å². The highest BCUT2D eigenvalue weighted by atomic mass is 32.2. The number of hydrogen-bond acceptors (Lipinski definition) is 11. The molecule has 1 amide bonds. The monoisotopic (exact) mass is 598 g/mol. The standard InChI is InChI=1S/C28H30N4O9S/c1-5-40-26(34)24-18(3)30(42-14-13-29-17-33)19(4)25(27(35)41-6-2)28(24,20-9-7-11-22(15-20)31(36)37)21-10-8-12-23(16-21)32(38)39/h7-12,15-17H,5-6,13-14H2,1-4H3,(H,29,33). The topological polar surface area (TPSA) is 171 Å². The minimum absolute atomic E-state index is 0.0383. The fourth-order valence-corrected chi connectivity index (χ4v) is 5.99. The number of carbonyl (C=O) groups excluding carboxylic acids is 3. The zero-order valence-corrected chi connectivity index (χ0v) is 24.3. The largest absolute Gasteiger partial charge is 0.463 e. The zero-order chi connectivity index (χ0) is 31.0. The molecule has 0 aliphatic carbocycles. The van der Waals surface area contributed by atoms with Crippen molar-refractivity contribution in [1.82, 2.24) is 9.62 Å². The van der Waals surface area contributed by atoms with Gasteiger partial charge in [-0.05, 0) is 50.8 Å². The van der Waals surface area contributed by atoms with E-state index in [0.29, 0.717) is 23.6 Å². The summed E-state index contributed by atoms with van der Waals surface area (Å²) < 4.78 is 12.6. The number of non-ortho nitro benzene ring substituents is 2. The number of nitro benzene ring substituents is 2. The third-order valence-electron chi connectivity index (χ3n) is 6.57.